The molecule has 0 radical (unpaired) electrons. The first-order valence-corrected chi connectivity index (χ1v) is 6.46. The van der Waals surface area contributed by atoms with Gasteiger partial charge in [-0.05, 0) is 36.0 Å². The van der Waals surface area contributed by atoms with E-state index in [4.69, 9.17) is 21.8 Å². The Balaban J connectivity index is 1.96. The number of nitrogens with two attached hydrogens (primary N) is 1. The van der Waals surface area contributed by atoms with Gasteiger partial charge in [-0.2, -0.15) is 0 Å². The van der Waals surface area contributed by atoms with Gasteiger partial charge in [0.15, 0.2) is 11.4 Å². The minimum Gasteiger partial charge on any atom is -0.431 e. The van der Waals surface area contributed by atoms with Crippen molar-refractivity contribution >= 4 is 40.1 Å². The van der Waals surface area contributed by atoms with Crippen molar-refractivity contribution in [1.29, 1.82) is 0 Å². The summed E-state index contributed by atoms with van der Waals surface area (Å²) >= 11 is 6.63. The lowest BCUT2D eigenvalue weighted by atomic mass is 10.3. The van der Waals surface area contributed by atoms with E-state index in [1.165, 1.54) is 12.3 Å². The summed E-state index contributed by atoms with van der Waals surface area (Å²) in [6, 6.07) is 6.31. The van der Waals surface area contributed by atoms with Gasteiger partial charge in [-0.3, -0.25) is 0 Å². The smallest absolute Gasteiger partial charge is 0.263 e. The molecule has 4 nitrogen and oxygen atoms in total. The minimum atomic E-state index is -0.515. The standard InChI is InChI=1S/C12H7ClFN3OS/c13-6-3-8(14)11(16-5-6)19-12-17-9-4-7(15)1-2-10(9)18-12/h1-5H,15H2. The van der Waals surface area contributed by atoms with E-state index in [9.17, 15) is 4.39 Å². The Morgan fingerprint density at radius 1 is 1.32 bits per heavy atom. The van der Waals surface area contributed by atoms with Crippen molar-refractivity contribution in [1.82, 2.24) is 9.97 Å². The third-order valence-electron chi connectivity index (χ3n) is 2.35. The number of nitrogen functional groups attached to an aromatic ring is 1. The third-order valence-corrected chi connectivity index (χ3v) is 3.40. The fourth-order valence-electron chi connectivity index (χ4n) is 1.53. The van der Waals surface area contributed by atoms with E-state index in [0.717, 1.165) is 11.8 Å². The maximum atomic E-state index is 13.6. The molecule has 0 atom stereocenters. The molecule has 0 bridgehead atoms. The molecule has 2 aromatic heterocycles. The molecule has 0 spiro atoms. The van der Waals surface area contributed by atoms with E-state index in [-0.39, 0.29) is 10.0 Å². The molecular weight excluding hydrogens is 289 g/mol. The predicted molar refractivity (Wildman–Crippen MR) is 71.7 cm³/mol. The maximum Gasteiger partial charge on any atom is 0.263 e. The first-order valence-electron chi connectivity index (χ1n) is 5.27. The van der Waals surface area contributed by atoms with Crippen LogP contribution in [0.2, 0.25) is 5.02 Å². The number of fused-ring (bicyclic) bond motifs is 1. The van der Waals surface area contributed by atoms with Crippen LogP contribution in [0.5, 0.6) is 0 Å². The van der Waals surface area contributed by atoms with E-state index in [2.05, 4.69) is 9.97 Å². The second-order valence-corrected chi connectivity index (χ2v) is 5.13. The van der Waals surface area contributed by atoms with Gasteiger partial charge in [-0.1, -0.05) is 11.6 Å². The number of aromatic nitrogens is 2. The van der Waals surface area contributed by atoms with E-state index in [1.807, 2.05) is 0 Å². The molecule has 0 aliphatic rings. The zero-order chi connectivity index (χ0) is 13.4. The van der Waals surface area contributed by atoms with Crippen molar-refractivity contribution in [3.63, 3.8) is 0 Å². The van der Waals surface area contributed by atoms with E-state index in [1.54, 1.807) is 18.2 Å². The van der Waals surface area contributed by atoms with Crippen LogP contribution >= 0.6 is 23.4 Å². The lowest BCUT2D eigenvalue weighted by Crippen LogP contribution is -1.86. The number of pyridine rings is 1. The van der Waals surface area contributed by atoms with Crippen LogP contribution in [0.1, 0.15) is 0 Å². The zero-order valence-corrected chi connectivity index (χ0v) is 11.0. The maximum absolute atomic E-state index is 13.6. The van der Waals surface area contributed by atoms with Gasteiger partial charge in [0.1, 0.15) is 10.5 Å². The number of rotatable bonds is 2. The van der Waals surface area contributed by atoms with Crippen LogP contribution in [-0.4, -0.2) is 9.97 Å². The van der Waals surface area contributed by atoms with Gasteiger partial charge in [0.25, 0.3) is 5.22 Å². The van der Waals surface area contributed by atoms with Gasteiger partial charge in [0, 0.05) is 11.9 Å². The van der Waals surface area contributed by atoms with Gasteiger partial charge in [0.05, 0.1) is 5.02 Å². The molecule has 2 heterocycles. The van der Waals surface area contributed by atoms with E-state index in [0.29, 0.717) is 22.0 Å². The first kappa shape index (κ1) is 12.3. The van der Waals surface area contributed by atoms with Crippen molar-refractivity contribution < 1.29 is 8.81 Å². The van der Waals surface area contributed by atoms with Crippen molar-refractivity contribution in [3.05, 3.63) is 41.3 Å². The molecule has 0 aliphatic carbocycles. The molecule has 0 unspecified atom stereocenters. The van der Waals surface area contributed by atoms with E-state index >= 15 is 0 Å². The summed E-state index contributed by atoms with van der Waals surface area (Å²) in [5, 5.41) is 0.699. The molecule has 1 aromatic carbocycles. The monoisotopic (exact) mass is 295 g/mol. The van der Waals surface area contributed by atoms with Crippen molar-refractivity contribution in [2.45, 2.75) is 10.2 Å². The summed E-state index contributed by atoms with van der Waals surface area (Å²) < 4.78 is 19.1. The van der Waals surface area contributed by atoms with Gasteiger partial charge in [-0.15, -0.1) is 0 Å². The Labute approximate surface area is 116 Å². The largest absolute Gasteiger partial charge is 0.431 e. The number of halogens is 2. The van der Waals surface area contributed by atoms with Crippen LogP contribution in [0.3, 0.4) is 0 Å². The normalized spacial score (nSPS) is 11.1. The summed E-state index contributed by atoms with van der Waals surface area (Å²) in [7, 11) is 0. The highest BCUT2D eigenvalue weighted by Gasteiger charge is 2.12. The van der Waals surface area contributed by atoms with Crippen molar-refractivity contribution in [3.8, 4) is 0 Å². The number of anilines is 1. The van der Waals surface area contributed by atoms with Gasteiger partial charge in [-0.25, -0.2) is 14.4 Å². The quantitative estimate of drug-likeness (QED) is 0.729. The second-order valence-electron chi connectivity index (χ2n) is 3.75. The molecule has 0 aliphatic heterocycles. The Morgan fingerprint density at radius 3 is 2.95 bits per heavy atom. The summed E-state index contributed by atoms with van der Waals surface area (Å²) in [5.41, 5.74) is 7.45. The lowest BCUT2D eigenvalue weighted by Gasteiger charge is -1.98. The molecule has 0 saturated heterocycles. The van der Waals surface area contributed by atoms with Crippen LogP contribution in [0.4, 0.5) is 10.1 Å². The molecule has 96 valence electrons. The number of hydrogen-bond acceptors (Lipinski definition) is 5. The number of nitrogens with zero attached hydrogens (tertiary/aromatic N) is 2. The molecule has 19 heavy (non-hydrogen) atoms. The Morgan fingerprint density at radius 2 is 2.16 bits per heavy atom. The predicted octanol–water partition coefficient (Wildman–Crippen LogP) is 3.75. The average molecular weight is 296 g/mol. The molecule has 7 heteroatoms. The molecule has 0 saturated carbocycles. The average Bonchev–Trinajstić information content (AvgIpc) is 2.74. The summed E-state index contributed by atoms with van der Waals surface area (Å²) in [6.07, 6.45) is 1.37. The van der Waals surface area contributed by atoms with E-state index < -0.39 is 5.82 Å². The van der Waals surface area contributed by atoms with Crippen LogP contribution < -0.4 is 5.73 Å². The molecular formula is C12H7ClFN3OS. The van der Waals surface area contributed by atoms with Gasteiger partial charge >= 0.3 is 0 Å². The Hall–Kier alpha value is -1.79. The third kappa shape index (κ3) is 2.50. The van der Waals surface area contributed by atoms with Crippen LogP contribution in [-0.2, 0) is 0 Å². The van der Waals surface area contributed by atoms with Crippen LogP contribution in [0.15, 0.2) is 45.1 Å². The fraction of sp³-hybridized carbons (Fsp3) is 0. The molecule has 2 N–H and O–H groups in total. The molecule has 3 rings (SSSR count). The summed E-state index contributed by atoms with van der Waals surface area (Å²) in [4.78, 5) is 8.10. The molecule has 3 aromatic rings. The first-order chi connectivity index (χ1) is 9.11. The highest BCUT2D eigenvalue weighted by atomic mass is 35.5. The zero-order valence-electron chi connectivity index (χ0n) is 9.43. The highest BCUT2D eigenvalue weighted by molar-refractivity contribution is 7.99. The summed E-state index contributed by atoms with van der Waals surface area (Å²) in [5.74, 6) is -0.515. The number of benzene rings is 1. The Kier molecular flexibility index (Phi) is 3.04. The van der Waals surface area contributed by atoms with Crippen molar-refractivity contribution in [2.75, 3.05) is 5.73 Å². The van der Waals surface area contributed by atoms with Gasteiger partial charge < -0.3 is 10.2 Å². The van der Waals surface area contributed by atoms with Crippen molar-refractivity contribution in [2.24, 2.45) is 0 Å². The van der Waals surface area contributed by atoms with Crippen LogP contribution in [0, 0.1) is 5.82 Å². The topological polar surface area (TPSA) is 64.9 Å². The number of oxazole rings is 1. The Bertz CT molecular complexity index is 762. The van der Waals surface area contributed by atoms with Crippen LogP contribution in [0.25, 0.3) is 11.1 Å². The second kappa shape index (κ2) is 4.71. The lowest BCUT2D eigenvalue weighted by molar-refractivity contribution is 0.487. The number of hydrogen-bond donors (Lipinski definition) is 1. The SMILES string of the molecule is Nc1ccc2oc(Sc3ncc(Cl)cc3F)nc2c1. The summed E-state index contributed by atoms with van der Waals surface area (Å²) in [6.45, 7) is 0. The molecule has 0 fully saturated rings. The highest BCUT2D eigenvalue weighted by Crippen LogP contribution is 2.31. The van der Waals surface area contributed by atoms with Gasteiger partial charge in [0.2, 0.25) is 0 Å². The molecule has 0 amide bonds. The fourth-order valence-corrected chi connectivity index (χ4v) is 2.37. The minimum absolute atomic E-state index is 0.156.